The molecule has 0 amide bonds. The van der Waals surface area contributed by atoms with Gasteiger partial charge in [0, 0.05) is 49.1 Å². The van der Waals surface area contributed by atoms with Crippen LogP contribution in [0.4, 0.5) is 11.8 Å². The number of nitrogens with one attached hydrogen (secondary N) is 1. The third-order valence-corrected chi connectivity index (χ3v) is 3.48. The lowest BCUT2D eigenvalue weighted by Crippen LogP contribution is -2.21. The van der Waals surface area contributed by atoms with Gasteiger partial charge in [-0.15, -0.1) is 0 Å². The van der Waals surface area contributed by atoms with Crippen LogP contribution < -0.4 is 10.2 Å². The first-order valence-electron chi connectivity index (χ1n) is 5.07. The van der Waals surface area contributed by atoms with Crippen LogP contribution in [-0.4, -0.2) is 46.3 Å². The van der Waals surface area contributed by atoms with E-state index in [-0.39, 0.29) is 5.25 Å². The maximum Gasteiger partial charge on any atom is 0.226 e. The highest BCUT2D eigenvalue weighted by atomic mass is 32.2. The average Bonchev–Trinajstić information content (AvgIpc) is 2.26. The van der Waals surface area contributed by atoms with Crippen molar-refractivity contribution in [3.63, 3.8) is 0 Å². The van der Waals surface area contributed by atoms with Gasteiger partial charge in [0.1, 0.15) is 5.82 Å². The van der Waals surface area contributed by atoms with E-state index in [0.717, 1.165) is 5.82 Å². The molecule has 0 saturated carbocycles. The van der Waals surface area contributed by atoms with E-state index < -0.39 is 10.8 Å². The minimum Gasteiger partial charge on any atom is -0.369 e. The Morgan fingerprint density at radius 3 is 2.81 bits per heavy atom. The second kappa shape index (κ2) is 5.79. The molecule has 6 heteroatoms. The second-order valence-corrected chi connectivity index (χ2v) is 5.63. The number of hydrogen-bond acceptors (Lipinski definition) is 5. The topological polar surface area (TPSA) is 58.1 Å². The summed E-state index contributed by atoms with van der Waals surface area (Å²) in [5.74, 6) is 1.42. The summed E-state index contributed by atoms with van der Waals surface area (Å²) < 4.78 is 11.2. The van der Waals surface area contributed by atoms with Crippen molar-refractivity contribution in [1.82, 2.24) is 9.97 Å². The van der Waals surface area contributed by atoms with Crippen LogP contribution in [0.3, 0.4) is 0 Å². The third kappa shape index (κ3) is 3.77. The Morgan fingerprint density at radius 1 is 1.56 bits per heavy atom. The second-order valence-electron chi connectivity index (χ2n) is 3.83. The van der Waals surface area contributed by atoms with Crippen LogP contribution in [0.5, 0.6) is 0 Å². The molecule has 0 aliphatic heterocycles. The minimum absolute atomic E-state index is 0.109. The van der Waals surface area contributed by atoms with E-state index in [2.05, 4.69) is 15.3 Å². The van der Waals surface area contributed by atoms with Gasteiger partial charge in [-0.3, -0.25) is 4.21 Å². The van der Waals surface area contributed by atoms with E-state index in [9.17, 15) is 4.21 Å². The van der Waals surface area contributed by atoms with Gasteiger partial charge in [-0.05, 0) is 13.0 Å². The first-order chi connectivity index (χ1) is 7.50. The van der Waals surface area contributed by atoms with Crippen LogP contribution in [-0.2, 0) is 10.8 Å². The lowest BCUT2D eigenvalue weighted by molar-refractivity contribution is 0.679. The molecule has 1 aromatic rings. The van der Waals surface area contributed by atoms with Crippen molar-refractivity contribution < 1.29 is 4.21 Å². The van der Waals surface area contributed by atoms with E-state index >= 15 is 0 Å². The summed E-state index contributed by atoms with van der Waals surface area (Å²) in [5.41, 5.74) is 0. The number of rotatable bonds is 5. The third-order valence-electron chi connectivity index (χ3n) is 2.18. The fourth-order valence-corrected chi connectivity index (χ4v) is 1.35. The molecule has 1 heterocycles. The van der Waals surface area contributed by atoms with Gasteiger partial charge < -0.3 is 10.2 Å². The zero-order chi connectivity index (χ0) is 12.1. The van der Waals surface area contributed by atoms with Gasteiger partial charge in [0.25, 0.3) is 0 Å². The highest BCUT2D eigenvalue weighted by molar-refractivity contribution is 7.84. The van der Waals surface area contributed by atoms with Gasteiger partial charge in [0.15, 0.2) is 0 Å². The summed E-state index contributed by atoms with van der Waals surface area (Å²) in [4.78, 5) is 10.3. The van der Waals surface area contributed by atoms with Crippen LogP contribution >= 0.6 is 0 Å². The van der Waals surface area contributed by atoms with Crippen LogP contribution in [0.25, 0.3) is 0 Å². The Labute approximate surface area is 98.7 Å². The summed E-state index contributed by atoms with van der Waals surface area (Å²) >= 11 is 0. The number of hydrogen-bond donors (Lipinski definition) is 1. The summed E-state index contributed by atoms with van der Waals surface area (Å²) in [6.45, 7) is 2.59. The van der Waals surface area contributed by atoms with Crippen molar-refractivity contribution in [3.05, 3.63) is 12.3 Å². The van der Waals surface area contributed by atoms with Crippen LogP contribution in [0, 0.1) is 0 Å². The Kier molecular flexibility index (Phi) is 4.67. The Bertz CT molecular complexity index is 370. The van der Waals surface area contributed by atoms with Gasteiger partial charge in [-0.1, -0.05) is 0 Å². The van der Waals surface area contributed by atoms with Crippen molar-refractivity contribution in [3.8, 4) is 0 Å². The lowest BCUT2D eigenvalue weighted by Gasteiger charge is -2.13. The molecule has 0 aromatic carbocycles. The van der Waals surface area contributed by atoms with Crippen molar-refractivity contribution >= 4 is 22.6 Å². The van der Waals surface area contributed by atoms with E-state index in [1.165, 1.54) is 0 Å². The molecule has 16 heavy (non-hydrogen) atoms. The maximum absolute atomic E-state index is 11.2. The predicted octanol–water partition coefficient (Wildman–Crippen LogP) is 0.722. The Balaban J connectivity index is 2.60. The highest BCUT2D eigenvalue weighted by Crippen LogP contribution is 2.08. The quantitative estimate of drug-likeness (QED) is 0.824. The smallest absolute Gasteiger partial charge is 0.226 e. The lowest BCUT2D eigenvalue weighted by atomic mass is 10.4. The molecular formula is C10H18N4OS. The highest BCUT2D eigenvalue weighted by Gasteiger charge is 2.06. The summed E-state index contributed by atoms with van der Waals surface area (Å²) in [6, 6.07) is 1.80. The zero-order valence-electron chi connectivity index (χ0n) is 10.1. The Hall–Kier alpha value is -1.17. The monoisotopic (exact) mass is 242 g/mol. The molecule has 5 nitrogen and oxygen atoms in total. The van der Waals surface area contributed by atoms with E-state index in [4.69, 9.17) is 0 Å². The van der Waals surface area contributed by atoms with E-state index in [1.54, 1.807) is 18.5 Å². The molecule has 0 bridgehead atoms. The molecule has 0 aliphatic carbocycles. The minimum atomic E-state index is -0.814. The first-order valence-corrected chi connectivity index (χ1v) is 6.69. The Morgan fingerprint density at radius 2 is 2.25 bits per heavy atom. The molecule has 90 valence electrons. The van der Waals surface area contributed by atoms with Crippen molar-refractivity contribution in [2.45, 2.75) is 12.2 Å². The number of nitrogens with zero attached hydrogens (tertiary/aromatic N) is 3. The van der Waals surface area contributed by atoms with Gasteiger partial charge in [-0.2, -0.15) is 4.98 Å². The molecule has 0 fully saturated rings. The molecule has 0 saturated heterocycles. The van der Waals surface area contributed by atoms with Gasteiger partial charge in [0.05, 0.1) is 0 Å². The summed E-state index contributed by atoms with van der Waals surface area (Å²) in [5, 5.41) is 3.26. The molecule has 0 aliphatic rings. The molecule has 0 spiro atoms. The van der Waals surface area contributed by atoms with Crippen molar-refractivity contribution in [2.75, 3.05) is 37.1 Å². The standard InChI is InChI=1S/C10H18N4OS/c1-8(16(4)15)7-12-9-5-6-11-10(13-9)14(2)3/h5-6,8H,7H2,1-4H3,(H,11,12,13). The molecule has 1 rings (SSSR count). The molecular weight excluding hydrogens is 224 g/mol. The first kappa shape index (κ1) is 12.9. The molecule has 1 N–H and O–H groups in total. The summed E-state index contributed by atoms with van der Waals surface area (Å²) in [6.07, 6.45) is 3.41. The van der Waals surface area contributed by atoms with Crippen LogP contribution in [0.2, 0.25) is 0 Å². The maximum atomic E-state index is 11.2. The molecule has 1 aromatic heterocycles. The van der Waals surface area contributed by atoms with Gasteiger partial charge in [0.2, 0.25) is 5.95 Å². The largest absolute Gasteiger partial charge is 0.369 e. The molecule has 2 atom stereocenters. The normalized spacial score (nSPS) is 14.2. The average molecular weight is 242 g/mol. The predicted molar refractivity (Wildman–Crippen MR) is 68.4 cm³/mol. The summed E-state index contributed by atoms with van der Waals surface area (Å²) in [7, 11) is 2.97. The van der Waals surface area contributed by atoms with Crippen molar-refractivity contribution in [2.24, 2.45) is 0 Å². The van der Waals surface area contributed by atoms with Gasteiger partial charge >= 0.3 is 0 Å². The number of aromatic nitrogens is 2. The fourth-order valence-electron chi connectivity index (χ4n) is 1.03. The van der Waals surface area contributed by atoms with Gasteiger partial charge in [-0.25, -0.2) is 4.98 Å². The fraction of sp³-hybridized carbons (Fsp3) is 0.600. The number of anilines is 2. The zero-order valence-corrected chi connectivity index (χ0v) is 10.9. The molecule has 2 unspecified atom stereocenters. The SMILES string of the molecule is CC(CNc1ccnc(N(C)C)n1)S(C)=O. The molecule has 0 radical (unpaired) electrons. The van der Waals surface area contributed by atoms with E-state index in [1.807, 2.05) is 25.9 Å². The van der Waals surface area contributed by atoms with Crippen molar-refractivity contribution in [1.29, 1.82) is 0 Å². The van der Waals surface area contributed by atoms with Crippen LogP contribution in [0.1, 0.15) is 6.92 Å². The van der Waals surface area contributed by atoms with Crippen LogP contribution in [0.15, 0.2) is 12.3 Å². The van der Waals surface area contributed by atoms with E-state index in [0.29, 0.717) is 12.5 Å².